The first-order chi connectivity index (χ1) is 9.83. The second-order valence-electron chi connectivity index (χ2n) is 5.78. The molecule has 1 saturated heterocycles. The van der Waals surface area contributed by atoms with Crippen molar-refractivity contribution in [3.05, 3.63) is 28.5 Å². The standard InChI is InChI=1S/C16H22N2OS/c19-16(8-7-15-4-2-10-20-15)18(14-5-6-14)12-13-3-1-9-17-11-13/h2,4,7-8,10,13-14,17H,1,3,5-6,9,11-12H2/b8-7+. The number of amides is 1. The van der Waals surface area contributed by atoms with Gasteiger partial charge < -0.3 is 10.2 Å². The Morgan fingerprint density at radius 3 is 3.00 bits per heavy atom. The van der Waals surface area contributed by atoms with E-state index < -0.39 is 0 Å². The Hall–Kier alpha value is -1.13. The third-order valence-electron chi connectivity index (χ3n) is 4.06. The molecule has 0 spiro atoms. The van der Waals surface area contributed by atoms with Crippen LogP contribution in [0.25, 0.3) is 6.08 Å². The van der Waals surface area contributed by atoms with E-state index in [9.17, 15) is 4.79 Å². The lowest BCUT2D eigenvalue weighted by Crippen LogP contribution is -2.41. The summed E-state index contributed by atoms with van der Waals surface area (Å²) in [5, 5.41) is 5.48. The minimum atomic E-state index is 0.187. The zero-order chi connectivity index (χ0) is 13.8. The summed E-state index contributed by atoms with van der Waals surface area (Å²) in [4.78, 5) is 15.7. The van der Waals surface area contributed by atoms with Crippen molar-refractivity contribution >= 4 is 23.3 Å². The maximum atomic E-state index is 12.4. The molecule has 1 aromatic heterocycles. The van der Waals surface area contributed by atoms with Gasteiger partial charge in [-0.25, -0.2) is 0 Å². The Balaban J connectivity index is 1.59. The molecule has 0 bridgehead atoms. The number of carbonyl (C=O) groups excluding carboxylic acids is 1. The van der Waals surface area contributed by atoms with Gasteiger partial charge in [-0.2, -0.15) is 0 Å². The molecule has 0 radical (unpaired) electrons. The van der Waals surface area contributed by atoms with Crippen LogP contribution in [0.4, 0.5) is 0 Å². The van der Waals surface area contributed by atoms with Gasteiger partial charge >= 0.3 is 0 Å². The van der Waals surface area contributed by atoms with Crippen LogP contribution in [0.3, 0.4) is 0 Å². The summed E-state index contributed by atoms with van der Waals surface area (Å²) in [6.07, 6.45) is 8.54. The van der Waals surface area contributed by atoms with Crippen molar-refractivity contribution < 1.29 is 4.79 Å². The van der Waals surface area contributed by atoms with Crippen molar-refractivity contribution in [2.45, 2.75) is 31.7 Å². The van der Waals surface area contributed by atoms with Crippen molar-refractivity contribution in [1.82, 2.24) is 10.2 Å². The van der Waals surface area contributed by atoms with Gasteiger partial charge in [0.2, 0.25) is 5.91 Å². The Bertz CT molecular complexity index is 459. The number of thiophene rings is 1. The largest absolute Gasteiger partial charge is 0.336 e. The SMILES string of the molecule is O=C(/C=C/c1cccs1)N(CC1CCCNC1)C1CC1. The molecule has 1 amide bonds. The lowest BCUT2D eigenvalue weighted by molar-refractivity contribution is -0.127. The maximum Gasteiger partial charge on any atom is 0.246 e. The molecule has 1 N–H and O–H groups in total. The zero-order valence-corrected chi connectivity index (χ0v) is 12.6. The lowest BCUT2D eigenvalue weighted by Gasteiger charge is -2.29. The molecule has 0 aromatic carbocycles. The highest BCUT2D eigenvalue weighted by Crippen LogP contribution is 2.29. The maximum absolute atomic E-state index is 12.4. The van der Waals surface area contributed by atoms with Gasteiger partial charge in [0.25, 0.3) is 0 Å². The first-order valence-corrected chi connectivity index (χ1v) is 8.44. The van der Waals surface area contributed by atoms with E-state index in [2.05, 4.69) is 10.2 Å². The topological polar surface area (TPSA) is 32.3 Å². The minimum Gasteiger partial charge on any atom is -0.336 e. The number of hydrogen-bond acceptors (Lipinski definition) is 3. The van der Waals surface area contributed by atoms with Crippen LogP contribution in [0, 0.1) is 5.92 Å². The molecule has 20 heavy (non-hydrogen) atoms. The first-order valence-electron chi connectivity index (χ1n) is 7.56. The van der Waals surface area contributed by atoms with E-state index in [1.807, 2.05) is 23.6 Å². The normalized spacial score (nSPS) is 23.1. The fraction of sp³-hybridized carbons (Fsp3) is 0.562. The first kappa shape index (κ1) is 13.8. The van der Waals surface area contributed by atoms with E-state index in [-0.39, 0.29) is 5.91 Å². The summed E-state index contributed by atoms with van der Waals surface area (Å²) >= 11 is 1.67. The summed E-state index contributed by atoms with van der Waals surface area (Å²) < 4.78 is 0. The third kappa shape index (κ3) is 3.70. The molecule has 3 nitrogen and oxygen atoms in total. The number of rotatable bonds is 5. The van der Waals surface area contributed by atoms with Gasteiger partial charge in [-0.15, -0.1) is 11.3 Å². The van der Waals surface area contributed by atoms with E-state index in [0.717, 1.165) is 24.5 Å². The van der Waals surface area contributed by atoms with Gasteiger partial charge in [0, 0.05) is 23.5 Å². The van der Waals surface area contributed by atoms with Crippen LogP contribution < -0.4 is 5.32 Å². The van der Waals surface area contributed by atoms with Gasteiger partial charge in [0.1, 0.15) is 0 Å². The summed E-state index contributed by atoms with van der Waals surface area (Å²) in [5.74, 6) is 0.815. The van der Waals surface area contributed by atoms with Crippen LogP contribution in [0.2, 0.25) is 0 Å². The van der Waals surface area contributed by atoms with Gasteiger partial charge in [-0.3, -0.25) is 4.79 Å². The summed E-state index contributed by atoms with van der Waals surface area (Å²) in [7, 11) is 0. The molecule has 1 aliphatic heterocycles. The van der Waals surface area contributed by atoms with Crippen molar-refractivity contribution in [3.63, 3.8) is 0 Å². The zero-order valence-electron chi connectivity index (χ0n) is 11.8. The molecule has 4 heteroatoms. The summed E-state index contributed by atoms with van der Waals surface area (Å²) in [5.41, 5.74) is 0. The number of hydrogen-bond donors (Lipinski definition) is 1. The Kier molecular flexibility index (Phi) is 4.53. The Morgan fingerprint density at radius 2 is 2.35 bits per heavy atom. The van der Waals surface area contributed by atoms with E-state index in [1.165, 1.54) is 25.7 Å². The average molecular weight is 290 g/mol. The molecule has 108 valence electrons. The highest BCUT2D eigenvalue weighted by Gasteiger charge is 2.33. The van der Waals surface area contributed by atoms with Crippen LogP contribution in [0.15, 0.2) is 23.6 Å². The second kappa shape index (κ2) is 6.55. The van der Waals surface area contributed by atoms with Crippen LogP contribution >= 0.6 is 11.3 Å². The molecule has 2 heterocycles. The number of piperidine rings is 1. The second-order valence-corrected chi connectivity index (χ2v) is 6.76. The van der Waals surface area contributed by atoms with E-state index in [4.69, 9.17) is 0 Å². The summed E-state index contributed by atoms with van der Waals surface area (Å²) in [6.45, 7) is 3.11. The third-order valence-corrected chi connectivity index (χ3v) is 4.90. The molecule has 1 aliphatic carbocycles. The van der Waals surface area contributed by atoms with Gasteiger partial charge in [0.15, 0.2) is 0 Å². The Morgan fingerprint density at radius 1 is 1.45 bits per heavy atom. The van der Waals surface area contributed by atoms with E-state index in [0.29, 0.717) is 12.0 Å². The lowest BCUT2D eigenvalue weighted by atomic mass is 9.99. The molecule has 1 atom stereocenters. The monoisotopic (exact) mass is 290 g/mol. The molecular weight excluding hydrogens is 268 g/mol. The molecular formula is C16H22N2OS. The van der Waals surface area contributed by atoms with E-state index >= 15 is 0 Å². The van der Waals surface area contributed by atoms with Crippen molar-refractivity contribution in [1.29, 1.82) is 0 Å². The smallest absolute Gasteiger partial charge is 0.246 e. The molecule has 1 unspecified atom stereocenters. The van der Waals surface area contributed by atoms with Crippen molar-refractivity contribution in [3.8, 4) is 0 Å². The quantitative estimate of drug-likeness (QED) is 0.846. The predicted molar refractivity (Wildman–Crippen MR) is 83.7 cm³/mol. The molecule has 2 fully saturated rings. The molecule has 3 rings (SSSR count). The minimum absolute atomic E-state index is 0.187. The van der Waals surface area contributed by atoms with Gasteiger partial charge in [-0.05, 0) is 62.2 Å². The number of nitrogens with zero attached hydrogens (tertiary/aromatic N) is 1. The van der Waals surface area contributed by atoms with Crippen LogP contribution in [-0.4, -0.2) is 36.5 Å². The highest BCUT2D eigenvalue weighted by molar-refractivity contribution is 7.10. The van der Waals surface area contributed by atoms with Gasteiger partial charge in [0.05, 0.1) is 0 Å². The van der Waals surface area contributed by atoms with Crippen molar-refractivity contribution in [2.24, 2.45) is 5.92 Å². The van der Waals surface area contributed by atoms with E-state index in [1.54, 1.807) is 17.4 Å². The highest BCUT2D eigenvalue weighted by atomic mass is 32.1. The fourth-order valence-corrected chi connectivity index (χ4v) is 3.42. The van der Waals surface area contributed by atoms with Gasteiger partial charge in [-0.1, -0.05) is 6.07 Å². The fourth-order valence-electron chi connectivity index (χ4n) is 2.80. The van der Waals surface area contributed by atoms with Crippen LogP contribution in [0.1, 0.15) is 30.6 Å². The Labute approximate surface area is 124 Å². The molecule has 2 aliphatic rings. The van der Waals surface area contributed by atoms with Crippen molar-refractivity contribution in [2.75, 3.05) is 19.6 Å². The van der Waals surface area contributed by atoms with Crippen LogP contribution in [0.5, 0.6) is 0 Å². The average Bonchev–Trinajstić information content (AvgIpc) is 3.19. The summed E-state index contributed by atoms with van der Waals surface area (Å²) in [6, 6.07) is 4.56. The molecule has 1 saturated carbocycles. The number of carbonyl (C=O) groups is 1. The number of nitrogens with one attached hydrogen (secondary N) is 1. The van der Waals surface area contributed by atoms with Crippen LogP contribution in [-0.2, 0) is 4.79 Å². The predicted octanol–water partition coefficient (Wildman–Crippen LogP) is 2.75. The molecule has 1 aromatic rings.